The molecule has 108 valence electrons. The maximum Gasteiger partial charge on any atom is 0.416 e. The van der Waals surface area contributed by atoms with Crippen LogP contribution < -0.4 is 10.5 Å². The molecule has 0 saturated heterocycles. The fourth-order valence-electron chi connectivity index (χ4n) is 1.38. The zero-order chi connectivity index (χ0) is 15.2. The van der Waals surface area contributed by atoms with Crippen LogP contribution in [-0.2, 0) is 6.18 Å². The van der Waals surface area contributed by atoms with Gasteiger partial charge in [-0.3, -0.25) is 0 Å². The highest BCUT2D eigenvalue weighted by Gasteiger charge is 2.29. The average Bonchev–Trinajstić information content (AvgIpc) is 2.43. The zero-order valence-corrected chi connectivity index (χ0v) is 11.2. The van der Waals surface area contributed by atoms with E-state index in [1.54, 1.807) is 24.3 Å². The van der Waals surface area contributed by atoms with Crippen molar-refractivity contribution in [2.75, 3.05) is 5.73 Å². The molecule has 2 aromatic rings. The van der Waals surface area contributed by atoms with Crippen molar-refractivity contribution in [1.29, 1.82) is 0 Å². The molecule has 0 heterocycles. The molecule has 2 aromatic carbocycles. The van der Waals surface area contributed by atoms with Gasteiger partial charge in [-0.15, -0.1) is 0 Å². The smallest absolute Gasteiger partial charge is 0.416 e. The van der Waals surface area contributed by atoms with Crippen LogP contribution in [0.2, 0.25) is 0 Å². The van der Waals surface area contributed by atoms with Gasteiger partial charge in [-0.25, -0.2) is 0 Å². The minimum atomic E-state index is -4.33. The number of alkyl halides is 3. The van der Waals surface area contributed by atoms with E-state index in [1.165, 1.54) is 12.1 Å². The summed E-state index contributed by atoms with van der Waals surface area (Å²) in [5, 5.41) is 0. The van der Waals surface area contributed by atoms with Crippen molar-refractivity contribution in [1.82, 2.24) is 0 Å². The molecule has 0 aliphatic carbocycles. The van der Waals surface area contributed by atoms with E-state index in [0.717, 1.165) is 12.1 Å². The molecule has 2 N–H and O–H groups in total. The van der Waals surface area contributed by atoms with Gasteiger partial charge in [0.05, 0.1) is 5.56 Å². The number of rotatable bonds is 2. The minimum absolute atomic E-state index is 0.341. The Bertz CT molecular complexity index is 518. The highest BCUT2D eigenvalue weighted by molar-refractivity contribution is 5.43. The van der Waals surface area contributed by atoms with Crippen molar-refractivity contribution in [3.05, 3.63) is 54.1 Å². The van der Waals surface area contributed by atoms with Gasteiger partial charge in [-0.05, 0) is 48.5 Å². The Balaban J connectivity index is 0.000000956. The van der Waals surface area contributed by atoms with Gasteiger partial charge < -0.3 is 10.5 Å². The first-order valence-corrected chi connectivity index (χ1v) is 6.16. The lowest BCUT2D eigenvalue weighted by Gasteiger charge is -2.09. The number of hydrogen-bond donors (Lipinski definition) is 1. The fraction of sp³-hybridized carbons (Fsp3) is 0.200. The number of nitrogens with two attached hydrogens (primary N) is 1. The quantitative estimate of drug-likeness (QED) is 0.778. The van der Waals surface area contributed by atoms with E-state index in [1.807, 2.05) is 13.8 Å². The van der Waals surface area contributed by atoms with Crippen LogP contribution in [0.15, 0.2) is 48.5 Å². The highest BCUT2D eigenvalue weighted by Crippen LogP contribution is 2.31. The van der Waals surface area contributed by atoms with Gasteiger partial charge in [0.2, 0.25) is 0 Å². The molecular formula is C15H16F3NO. The number of nitrogen functional groups attached to an aromatic ring is 1. The van der Waals surface area contributed by atoms with Crippen molar-refractivity contribution >= 4 is 5.69 Å². The number of hydrogen-bond acceptors (Lipinski definition) is 2. The third-order valence-corrected chi connectivity index (χ3v) is 2.30. The van der Waals surface area contributed by atoms with E-state index < -0.39 is 11.7 Å². The van der Waals surface area contributed by atoms with Crippen LogP contribution in [-0.4, -0.2) is 0 Å². The van der Waals surface area contributed by atoms with Crippen molar-refractivity contribution in [3.8, 4) is 11.5 Å². The maximum absolute atomic E-state index is 12.3. The molecule has 0 unspecified atom stereocenters. The van der Waals surface area contributed by atoms with Gasteiger partial charge in [0.25, 0.3) is 0 Å². The third-order valence-electron chi connectivity index (χ3n) is 2.30. The molecule has 0 spiro atoms. The molecule has 0 fully saturated rings. The minimum Gasteiger partial charge on any atom is -0.457 e. The lowest BCUT2D eigenvalue weighted by Crippen LogP contribution is -2.03. The molecule has 0 bridgehead atoms. The van der Waals surface area contributed by atoms with E-state index in [2.05, 4.69) is 0 Å². The van der Waals surface area contributed by atoms with Crippen molar-refractivity contribution in [2.24, 2.45) is 0 Å². The van der Waals surface area contributed by atoms with E-state index in [0.29, 0.717) is 17.2 Å². The number of anilines is 1. The normalized spacial score (nSPS) is 10.4. The van der Waals surface area contributed by atoms with Crippen LogP contribution >= 0.6 is 0 Å². The third kappa shape index (κ3) is 4.50. The van der Waals surface area contributed by atoms with Gasteiger partial charge in [-0.1, -0.05) is 13.8 Å². The molecular weight excluding hydrogens is 267 g/mol. The summed E-state index contributed by atoms with van der Waals surface area (Å²) in [6, 6.07) is 11.1. The standard InChI is InChI=1S/C13H10F3NO.C2H6/c14-13(15,16)9-1-5-11(6-2-9)18-12-7-3-10(17)4-8-12;1-2/h1-8H,17H2;1-2H3. The van der Waals surface area contributed by atoms with Crippen LogP contribution in [0, 0.1) is 0 Å². The topological polar surface area (TPSA) is 35.2 Å². The Kier molecular flexibility index (Phi) is 5.43. The van der Waals surface area contributed by atoms with E-state index >= 15 is 0 Å². The first kappa shape index (κ1) is 15.9. The van der Waals surface area contributed by atoms with Crippen molar-refractivity contribution in [2.45, 2.75) is 20.0 Å². The molecule has 0 aliphatic heterocycles. The van der Waals surface area contributed by atoms with Crippen LogP contribution in [0.25, 0.3) is 0 Å². The monoisotopic (exact) mass is 283 g/mol. The lowest BCUT2D eigenvalue weighted by molar-refractivity contribution is -0.137. The SMILES string of the molecule is CC.Nc1ccc(Oc2ccc(C(F)(F)F)cc2)cc1. The molecule has 0 saturated carbocycles. The fourth-order valence-corrected chi connectivity index (χ4v) is 1.38. The number of ether oxygens (including phenoxy) is 1. The Morgan fingerprint density at radius 2 is 1.20 bits per heavy atom. The van der Waals surface area contributed by atoms with Gasteiger partial charge in [0.1, 0.15) is 11.5 Å². The zero-order valence-electron chi connectivity index (χ0n) is 11.2. The summed E-state index contributed by atoms with van der Waals surface area (Å²) in [7, 11) is 0. The molecule has 0 aromatic heterocycles. The van der Waals surface area contributed by atoms with E-state index in [9.17, 15) is 13.2 Å². The predicted molar refractivity (Wildman–Crippen MR) is 73.7 cm³/mol. The first-order chi connectivity index (χ1) is 9.45. The Hall–Kier alpha value is -2.17. The number of halogens is 3. The Morgan fingerprint density at radius 1 is 0.800 bits per heavy atom. The van der Waals surface area contributed by atoms with Crippen LogP contribution in [0.3, 0.4) is 0 Å². The Morgan fingerprint density at radius 3 is 1.60 bits per heavy atom. The predicted octanol–water partition coefficient (Wildman–Crippen LogP) is 5.11. The number of benzene rings is 2. The van der Waals surface area contributed by atoms with Crippen LogP contribution in [0.5, 0.6) is 11.5 Å². The summed E-state index contributed by atoms with van der Waals surface area (Å²) >= 11 is 0. The van der Waals surface area contributed by atoms with Crippen molar-refractivity contribution in [3.63, 3.8) is 0 Å². The summed E-state index contributed by atoms with van der Waals surface area (Å²) in [6.07, 6.45) is -4.33. The summed E-state index contributed by atoms with van der Waals surface area (Å²) in [5.41, 5.74) is 5.40. The highest BCUT2D eigenvalue weighted by atomic mass is 19.4. The van der Waals surface area contributed by atoms with Crippen LogP contribution in [0.4, 0.5) is 18.9 Å². The lowest BCUT2D eigenvalue weighted by atomic mass is 10.2. The summed E-state index contributed by atoms with van der Waals surface area (Å²) in [4.78, 5) is 0. The second-order valence-corrected chi connectivity index (χ2v) is 3.69. The van der Waals surface area contributed by atoms with Gasteiger partial charge >= 0.3 is 6.18 Å². The maximum atomic E-state index is 12.3. The average molecular weight is 283 g/mol. The summed E-state index contributed by atoms with van der Waals surface area (Å²) in [5.74, 6) is 0.858. The second-order valence-electron chi connectivity index (χ2n) is 3.69. The molecule has 2 nitrogen and oxygen atoms in total. The molecule has 0 atom stereocenters. The second kappa shape index (κ2) is 6.84. The summed E-state index contributed by atoms with van der Waals surface area (Å²) in [6.45, 7) is 4.00. The van der Waals surface area contributed by atoms with Gasteiger partial charge in [0.15, 0.2) is 0 Å². The van der Waals surface area contributed by atoms with E-state index in [4.69, 9.17) is 10.5 Å². The summed E-state index contributed by atoms with van der Waals surface area (Å²) < 4.78 is 42.4. The molecule has 0 amide bonds. The van der Waals surface area contributed by atoms with Gasteiger partial charge in [-0.2, -0.15) is 13.2 Å². The Labute approximate surface area is 116 Å². The molecule has 20 heavy (non-hydrogen) atoms. The molecule has 0 radical (unpaired) electrons. The first-order valence-electron chi connectivity index (χ1n) is 6.16. The molecule has 0 aliphatic rings. The molecule has 2 rings (SSSR count). The van der Waals surface area contributed by atoms with Crippen molar-refractivity contribution < 1.29 is 17.9 Å². The molecule has 5 heteroatoms. The van der Waals surface area contributed by atoms with Crippen LogP contribution in [0.1, 0.15) is 19.4 Å². The van der Waals surface area contributed by atoms with E-state index in [-0.39, 0.29) is 0 Å². The largest absolute Gasteiger partial charge is 0.457 e. The van der Waals surface area contributed by atoms with Gasteiger partial charge in [0, 0.05) is 5.69 Å².